The molecule has 0 aliphatic rings. The molecule has 1 rings (SSSR count). The first kappa shape index (κ1) is 13.4. The number of aromatic nitrogens is 2. The number of rotatable bonds is 5. The average Bonchev–Trinajstić information content (AvgIpc) is 2.29. The van der Waals surface area contributed by atoms with Gasteiger partial charge in [-0.15, -0.1) is 0 Å². The second kappa shape index (κ2) is 6.16. The van der Waals surface area contributed by atoms with E-state index in [-0.39, 0.29) is 10.7 Å². The van der Waals surface area contributed by atoms with Crippen molar-refractivity contribution < 1.29 is 4.79 Å². The SMILES string of the molecule is CCN(CCC#N)c1nc(C)nc(Cl)c1C=O. The highest BCUT2D eigenvalue weighted by Crippen LogP contribution is 2.22. The molecule has 0 saturated heterocycles. The van der Waals surface area contributed by atoms with Gasteiger partial charge in [0.25, 0.3) is 0 Å². The van der Waals surface area contributed by atoms with Crippen LogP contribution in [0.1, 0.15) is 29.5 Å². The topological polar surface area (TPSA) is 69.9 Å². The van der Waals surface area contributed by atoms with Gasteiger partial charge in [-0.3, -0.25) is 4.79 Å². The number of carbonyl (C=O) groups is 1. The molecule has 0 amide bonds. The van der Waals surface area contributed by atoms with E-state index in [2.05, 4.69) is 16.0 Å². The Morgan fingerprint density at radius 2 is 2.24 bits per heavy atom. The Hall–Kier alpha value is -1.67. The number of carbonyl (C=O) groups excluding carboxylic acids is 1. The quantitative estimate of drug-likeness (QED) is 0.592. The predicted octanol–water partition coefficient (Wildman–Crippen LogP) is 1.99. The van der Waals surface area contributed by atoms with Crippen LogP contribution in [0.25, 0.3) is 0 Å². The summed E-state index contributed by atoms with van der Waals surface area (Å²) < 4.78 is 0. The summed E-state index contributed by atoms with van der Waals surface area (Å²) >= 11 is 5.90. The summed E-state index contributed by atoms with van der Waals surface area (Å²) in [5.74, 6) is 1.00. The van der Waals surface area contributed by atoms with Gasteiger partial charge in [-0.25, -0.2) is 9.97 Å². The van der Waals surface area contributed by atoms with Crippen LogP contribution in [-0.4, -0.2) is 29.3 Å². The molecule has 0 aromatic carbocycles. The molecule has 0 radical (unpaired) electrons. The van der Waals surface area contributed by atoms with Gasteiger partial charge in [0.15, 0.2) is 6.29 Å². The maximum Gasteiger partial charge on any atom is 0.156 e. The van der Waals surface area contributed by atoms with E-state index in [9.17, 15) is 4.79 Å². The lowest BCUT2D eigenvalue weighted by Crippen LogP contribution is -2.26. The van der Waals surface area contributed by atoms with Crippen LogP contribution in [0.3, 0.4) is 0 Å². The zero-order valence-corrected chi connectivity index (χ0v) is 10.5. The van der Waals surface area contributed by atoms with E-state index in [1.54, 1.807) is 6.92 Å². The summed E-state index contributed by atoms with van der Waals surface area (Å²) in [6.07, 6.45) is 1.01. The van der Waals surface area contributed by atoms with Gasteiger partial charge >= 0.3 is 0 Å². The van der Waals surface area contributed by atoms with Crippen LogP contribution in [0.4, 0.5) is 5.82 Å². The average molecular weight is 253 g/mol. The Balaban J connectivity index is 3.17. The minimum atomic E-state index is 0.151. The third-order valence-corrected chi connectivity index (χ3v) is 2.57. The van der Waals surface area contributed by atoms with E-state index >= 15 is 0 Å². The van der Waals surface area contributed by atoms with Crippen LogP contribution in [0.5, 0.6) is 0 Å². The summed E-state index contributed by atoms with van der Waals surface area (Å²) in [5, 5.41) is 8.74. The fourth-order valence-corrected chi connectivity index (χ4v) is 1.73. The van der Waals surface area contributed by atoms with Gasteiger partial charge in [-0.1, -0.05) is 11.6 Å². The van der Waals surface area contributed by atoms with E-state index in [1.165, 1.54) is 0 Å². The van der Waals surface area contributed by atoms with Crippen LogP contribution in [0, 0.1) is 18.3 Å². The molecule has 0 atom stereocenters. The fourth-order valence-electron chi connectivity index (χ4n) is 1.47. The Bertz CT molecular complexity index is 456. The number of hydrogen-bond donors (Lipinski definition) is 0. The lowest BCUT2D eigenvalue weighted by atomic mass is 10.3. The molecular formula is C11H13ClN4O. The van der Waals surface area contributed by atoms with Gasteiger partial charge < -0.3 is 4.90 Å². The van der Waals surface area contributed by atoms with E-state index in [4.69, 9.17) is 16.9 Å². The van der Waals surface area contributed by atoms with Crippen molar-refractivity contribution in [3.05, 3.63) is 16.5 Å². The van der Waals surface area contributed by atoms with Gasteiger partial charge in [-0.2, -0.15) is 5.26 Å². The molecule has 90 valence electrons. The van der Waals surface area contributed by atoms with Gasteiger partial charge in [0.1, 0.15) is 16.8 Å². The molecule has 0 unspecified atom stereocenters. The zero-order chi connectivity index (χ0) is 12.8. The van der Waals surface area contributed by atoms with Crippen molar-refractivity contribution in [2.75, 3.05) is 18.0 Å². The van der Waals surface area contributed by atoms with Crippen molar-refractivity contribution in [2.45, 2.75) is 20.3 Å². The van der Waals surface area contributed by atoms with Crippen molar-refractivity contribution in [2.24, 2.45) is 0 Å². The zero-order valence-electron chi connectivity index (χ0n) is 9.77. The summed E-state index contributed by atoms with van der Waals surface area (Å²) in [6, 6.07) is 2.06. The second-order valence-electron chi connectivity index (χ2n) is 3.40. The monoisotopic (exact) mass is 252 g/mol. The molecule has 0 spiro atoms. The first-order valence-electron chi connectivity index (χ1n) is 5.25. The summed E-state index contributed by atoms with van der Waals surface area (Å²) in [6.45, 7) is 4.80. The van der Waals surface area contributed by atoms with Crippen molar-refractivity contribution >= 4 is 23.7 Å². The second-order valence-corrected chi connectivity index (χ2v) is 3.76. The number of anilines is 1. The molecule has 6 heteroatoms. The number of aldehydes is 1. The molecule has 0 aliphatic heterocycles. The first-order chi connectivity index (χ1) is 8.13. The molecule has 0 saturated carbocycles. The van der Waals surface area contributed by atoms with E-state index in [0.717, 1.165) is 0 Å². The van der Waals surface area contributed by atoms with Crippen molar-refractivity contribution in [3.63, 3.8) is 0 Å². The number of nitriles is 1. The molecule has 1 aromatic rings. The third-order valence-electron chi connectivity index (χ3n) is 2.28. The Kier molecular flexibility index (Phi) is 4.85. The van der Waals surface area contributed by atoms with E-state index in [0.29, 0.717) is 37.4 Å². The van der Waals surface area contributed by atoms with Crippen LogP contribution >= 0.6 is 11.6 Å². The molecule has 5 nitrogen and oxygen atoms in total. The van der Waals surface area contributed by atoms with Gasteiger partial charge in [0.2, 0.25) is 0 Å². The standard InChI is InChI=1S/C11H13ClN4O/c1-3-16(6-4-5-13)11-9(7-17)10(12)14-8(2)15-11/h7H,3-4,6H2,1-2H3. The largest absolute Gasteiger partial charge is 0.355 e. The molecule has 0 N–H and O–H groups in total. The molecule has 0 fully saturated rings. The molecular weight excluding hydrogens is 240 g/mol. The number of aryl methyl sites for hydroxylation is 1. The number of halogens is 1. The van der Waals surface area contributed by atoms with Gasteiger partial charge in [0, 0.05) is 13.1 Å². The van der Waals surface area contributed by atoms with Crippen molar-refractivity contribution in [1.29, 1.82) is 5.26 Å². The summed E-state index contributed by atoms with van der Waals surface area (Å²) in [5.41, 5.74) is 0.275. The van der Waals surface area contributed by atoms with Crippen LogP contribution in [0.15, 0.2) is 0 Å². The smallest absolute Gasteiger partial charge is 0.156 e. The molecule has 0 bridgehead atoms. The van der Waals surface area contributed by atoms with Crippen LogP contribution in [-0.2, 0) is 0 Å². The Morgan fingerprint density at radius 1 is 1.53 bits per heavy atom. The first-order valence-corrected chi connectivity index (χ1v) is 5.63. The molecule has 0 aliphatic carbocycles. The number of hydrogen-bond acceptors (Lipinski definition) is 5. The van der Waals surface area contributed by atoms with E-state index in [1.807, 2.05) is 11.8 Å². The lowest BCUT2D eigenvalue weighted by molar-refractivity contribution is 0.112. The lowest BCUT2D eigenvalue weighted by Gasteiger charge is -2.22. The minimum Gasteiger partial charge on any atom is -0.355 e. The highest BCUT2D eigenvalue weighted by Gasteiger charge is 2.16. The van der Waals surface area contributed by atoms with Gasteiger partial charge in [-0.05, 0) is 13.8 Å². The van der Waals surface area contributed by atoms with E-state index < -0.39 is 0 Å². The summed E-state index contributed by atoms with van der Waals surface area (Å²) in [4.78, 5) is 21.0. The van der Waals surface area contributed by atoms with Crippen LogP contribution < -0.4 is 4.90 Å². The Morgan fingerprint density at radius 3 is 2.76 bits per heavy atom. The minimum absolute atomic E-state index is 0.151. The predicted molar refractivity (Wildman–Crippen MR) is 65.3 cm³/mol. The normalized spacial score (nSPS) is 9.76. The maximum atomic E-state index is 11.0. The highest BCUT2D eigenvalue weighted by atomic mass is 35.5. The molecule has 1 heterocycles. The third kappa shape index (κ3) is 3.14. The van der Waals surface area contributed by atoms with Gasteiger partial charge in [0.05, 0.1) is 18.1 Å². The van der Waals surface area contributed by atoms with Crippen LogP contribution in [0.2, 0.25) is 5.15 Å². The maximum absolute atomic E-state index is 11.0. The highest BCUT2D eigenvalue weighted by molar-refractivity contribution is 6.32. The molecule has 1 aromatic heterocycles. The fraction of sp³-hybridized carbons (Fsp3) is 0.455. The Labute approximate surface area is 105 Å². The van der Waals surface area contributed by atoms with Crippen molar-refractivity contribution in [3.8, 4) is 6.07 Å². The number of nitrogens with zero attached hydrogens (tertiary/aromatic N) is 4. The molecule has 17 heavy (non-hydrogen) atoms. The van der Waals surface area contributed by atoms with Crippen molar-refractivity contribution in [1.82, 2.24) is 9.97 Å². The summed E-state index contributed by atoms with van der Waals surface area (Å²) in [7, 11) is 0.